The first kappa shape index (κ1) is 16.1. The number of benzene rings is 1. The van der Waals surface area contributed by atoms with Gasteiger partial charge in [0.1, 0.15) is 0 Å². The van der Waals surface area contributed by atoms with Gasteiger partial charge in [-0.1, -0.05) is 42.5 Å². The lowest BCUT2D eigenvalue weighted by atomic mass is 10.1. The smallest absolute Gasteiger partial charge is 0.289 e. The number of aryl methyl sites for hydroxylation is 1. The largest absolute Gasteiger partial charge is 0.503 e. The number of rotatable bonds is 6. The molecular formula is C19H21N3O2. The van der Waals surface area contributed by atoms with Crippen molar-refractivity contribution in [2.75, 3.05) is 6.54 Å². The first-order valence-electron chi connectivity index (χ1n) is 8.06. The fourth-order valence-electron chi connectivity index (χ4n) is 2.90. The number of aromatic nitrogens is 2. The number of aliphatic hydroxyl groups is 1. The third-order valence-electron chi connectivity index (χ3n) is 4.26. The summed E-state index contributed by atoms with van der Waals surface area (Å²) in [7, 11) is 0. The van der Waals surface area contributed by atoms with Crippen LogP contribution in [0.2, 0.25) is 0 Å². The van der Waals surface area contributed by atoms with Crippen LogP contribution < -0.4 is 0 Å². The van der Waals surface area contributed by atoms with E-state index in [9.17, 15) is 9.90 Å². The van der Waals surface area contributed by atoms with Crippen LogP contribution in [0, 0.1) is 0 Å². The molecule has 0 radical (unpaired) electrons. The molecule has 2 heterocycles. The van der Waals surface area contributed by atoms with Crippen molar-refractivity contribution in [3.8, 4) is 0 Å². The molecular weight excluding hydrogens is 302 g/mol. The monoisotopic (exact) mass is 323 g/mol. The van der Waals surface area contributed by atoms with Gasteiger partial charge in [0.25, 0.3) is 5.91 Å². The second kappa shape index (κ2) is 7.17. The molecule has 0 bridgehead atoms. The highest BCUT2D eigenvalue weighted by molar-refractivity contribution is 5.95. The summed E-state index contributed by atoms with van der Waals surface area (Å²) in [4.78, 5) is 18.0. The molecule has 0 aliphatic carbocycles. The second-order valence-corrected chi connectivity index (χ2v) is 5.90. The molecule has 1 atom stereocenters. The van der Waals surface area contributed by atoms with Gasteiger partial charge in [0.2, 0.25) is 0 Å². The molecule has 1 aromatic carbocycles. The number of imidazole rings is 1. The predicted octanol–water partition coefficient (Wildman–Crippen LogP) is 3.03. The van der Waals surface area contributed by atoms with Crippen LogP contribution in [-0.4, -0.2) is 38.1 Å². The Morgan fingerprint density at radius 1 is 1.25 bits per heavy atom. The van der Waals surface area contributed by atoms with Crippen LogP contribution in [-0.2, 0) is 11.3 Å². The van der Waals surface area contributed by atoms with Crippen LogP contribution in [0.15, 0.2) is 66.5 Å². The maximum Gasteiger partial charge on any atom is 0.289 e. The van der Waals surface area contributed by atoms with Gasteiger partial charge in [0.05, 0.1) is 12.4 Å². The number of carbonyl (C=O) groups excluding carboxylic acids is 1. The van der Waals surface area contributed by atoms with Gasteiger partial charge in [-0.05, 0) is 18.9 Å². The molecule has 0 saturated carbocycles. The van der Waals surface area contributed by atoms with E-state index >= 15 is 0 Å². The fourth-order valence-corrected chi connectivity index (χ4v) is 2.90. The van der Waals surface area contributed by atoms with Crippen molar-refractivity contribution < 1.29 is 9.90 Å². The van der Waals surface area contributed by atoms with Gasteiger partial charge in [-0.3, -0.25) is 4.79 Å². The summed E-state index contributed by atoms with van der Waals surface area (Å²) in [5.74, 6) is -0.416. The van der Waals surface area contributed by atoms with Crippen LogP contribution in [0.4, 0.5) is 0 Å². The molecule has 0 spiro atoms. The van der Waals surface area contributed by atoms with Crippen molar-refractivity contribution in [2.45, 2.75) is 25.9 Å². The van der Waals surface area contributed by atoms with E-state index in [1.165, 1.54) is 0 Å². The summed E-state index contributed by atoms with van der Waals surface area (Å²) >= 11 is 0. The van der Waals surface area contributed by atoms with Gasteiger partial charge in [0.15, 0.2) is 5.76 Å². The molecule has 1 amide bonds. The average Bonchev–Trinajstić information content (AvgIpc) is 3.19. The molecule has 124 valence electrons. The highest BCUT2D eigenvalue weighted by atomic mass is 16.3. The zero-order valence-corrected chi connectivity index (χ0v) is 13.7. The van der Waals surface area contributed by atoms with Crippen LogP contribution in [0.1, 0.15) is 18.9 Å². The van der Waals surface area contributed by atoms with Crippen LogP contribution in [0.25, 0.3) is 6.08 Å². The van der Waals surface area contributed by atoms with Crippen molar-refractivity contribution in [3.63, 3.8) is 0 Å². The maximum atomic E-state index is 12.3. The van der Waals surface area contributed by atoms with Crippen LogP contribution in [0.5, 0.6) is 0 Å². The Bertz CT molecular complexity index is 748. The zero-order valence-electron chi connectivity index (χ0n) is 13.7. The standard InChI is InChI=1S/C19H21N3O2/c1-15-17(9-8-16-6-3-2-4-7-16)22(19(24)18(15)23)12-5-11-21-13-10-20-14-21/h2-4,6-10,13-14,17,23H,5,11-12H2,1H3. The first-order chi connectivity index (χ1) is 11.7. The molecule has 1 N–H and O–H groups in total. The molecule has 5 nitrogen and oxygen atoms in total. The van der Waals surface area contributed by atoms with Gasteiger partial charge < -0.3 is 14.6 Å². The van der Waals surface area contributed by atoms with Gasteiger partial charge in [0, 0.05) is 31.1 Å². The van der Waals surface area contributed by atoms with E-state index in [1.807, 2.05) is 60.2 Å². The van der Waals surface area contributed by atoms with E-state index in [4.69, 9.17) is 0 Å². The number of hydrogen-bond acceptors (Lipinski definition) is 3. The topological polar surface area (TPSA) is 58.4 Å². The maximum absolute atomic E-state index is 12.3. The number of hydrogen-bond donors (Lipinski definition) is 1. The molecule has 24 heavy (non-hydrogen) atoms. The fraction of sp³-hybridized carbons (Fsp3) is 0.263. The van der Waals surface area contributed by atoms with Crippen molar-refractivity contribution in [1.29, 1.82) is 0 Å². The van der Waals surface area contributed by atoms with Crippen molar-refractivity contribution in [3.05, 3.63) is 72.0 Å². The van der Waals surface area contributed by atoms with Crippen molar-refractivity contribution in [2.24, 2.45) is 0 Å². The summed E-state index contributed by atoms with van der Waals surface area (Å²) in [5.41, 5.74) is 1.78. The molecule has 0 saturated heterocycles. The molecule has 5 heteroatoms. The Labute approximate surface area is 141 Å². The molecule has 1 aliphatic rings. The summed E-state index contributed by atoms with van der Waals surface area (Å²) in [6.45, 7) is 3.18. The summed E-state index contributed by atoms with van der Waals surface area (Å²) in [6, 6.07) is 9.74. The lowest BCUT2D eigenvalue weighted by Crippen LogP contribution is -2.35. The third-order valence-corrected chi connectivity index (χ3v) is 4.26. The highest BCUT2D eigenvalue weighted by Crippen LogP contribution is 2.26. The highest BCUT2D eigenvalue weighted by Gasteiger charge is 2.35. The first-order valence-corrected chi connectivity index (χ1v) is 8.06. The number of aliphatic hydroxyl groups excluding tert-OH is 1. The molecule has 1 aromatic heterocycles. The van der Waals surface area contributed by atoms with E-state index in [0.29, 0.717) is 12.1 Å². The van der Waals surface area contributed by atoms with E-state index in [0.717, 1.165) is 18.5 Å². The normalized spacial score (nSPS) is 18.1. The summed E-state index contributed by atoms with van der Waals surface area (Å²) in [5, 5.41) is 10.0. The van der Waals surface area contributed by atoms with E-state index in [2.05, 4.69) is 4.98 Å². The predicted molar refractivity (Wildman–Crippen MR) is 93.1 cm³/mol. The third kappa shape index (κ3) is 3.40. The Hall–Kier alpha value is -2.82. The molecule has 1 aliphatic heterocycles. The number of amides is 1. The van der Waals surface area contributed by atoms with Crippen molar-refractivity contribution >= 4 is 12.0 Å². The number of nitrogens with zero attached hydrogens (tertiary/aromatic N) is 3. The summed E-state index contributed by atoms with van der Waals surface area (Å²) < 4.78 is 1.98. The van der Waals surface area contributed by atoms with Crippen LogP contribution >= 0.6 is 0 Å². The lowest BCUT2D eigenvalue weighted by Gasteiger charge is -2.23. The lowest BCUT2D eigenvalue weighted by molar-refractivity contribution is -0.128. The second-order valence-electron chi connectivity index (χ2n) is 5.90. The SMILES string of the molecule is CC1=C(O)C(=O)N(CCCn2ccnc2)C1C=Cc1ccccc1. The quantitative estimate of drug-likeness (QED) is 0.889. The Kier molecular flexibility index (Phi) is 4.79. The average molecular weight is 323 g/mol. The Morgan fingerprint density at radius 3 is 2.75 bits per heavy atom. The molecule has 0 fully saturated rings. The van der Waals surface area contributed by atoms with E-state index in [-0.39, 0.29) is 17.7 Å². The minimum absolute atomic E-state index is 0.125. The van der Waals surface area contributed by atoms with Gasteiger partial charge in [-0.25, -0.2) is 4.98 Å². The van der Waals surface area contributed by atoms with E-state index in [1.54, 1.807) is 17.4 Å². The molecule has 1 unspecified atom stereocenters. The van der Waals surface area contributed by atoms with Gasteiger partial charge >= 0.3 is 0 Å². The zero-order chi connectivity index (χ0) is 16.9. The Morgan fingerprint density at radius 2 is 2.04 bits per heavy atom. The Balaban J connectivity index is 1.69. The van der Waals surface area contributed by atoms with Gasteiger partial charge in [-0.15, -0.1) is 0 Å². The van der Waals surface area contributed by atoms with Crippen LogP contribution in [0.3, 0.4) is 0 Å². The van der Waals surface area contributed by atoms with Gasteiger partial charge in [-0.2, -0.15) is 0 Å². The van der Waals surface area contributed by atoms with E-state index < -0.39 is 0 Å². The molecule has 3 rings (SSSR count). The van der Waals surface area contributed by atoms with Crippen molar-refractivity contribution in [1.82, 2.24) is 14.5 Å². The number of carbonyl (C=O) groups is 1. The minimum atomic E-state index is -0.291. The minimum Gasteiger partial charge on any atom is -0.503 e. The summed E-state index contributed by atoms with van der Waals surface area (Å²) in [6.07, 6.45) is 10.2. The molecule has 2 aromatic rings.